The maximum Gasteiger partial charge on any atom is 0.234 e. The number of aromatic nitrogens is 1. The summed E-state index contributed by atoms with van der Waals surface area (Å²) < 4.78 is 5.26. The van der Waals surface area contributed by atoms with Gasteiger partial charge in [-0.2, -0.15) is 0 Å². The third kappa shape index (κ3) is 3.78. The van der Waals surface area contributed by atoms with Crippen molar-refractivity contribution in [3.63, 3.8) is 0 Å². The van der Waals surface area contributed by atoms with Crippen molar-refractivity contribution in [1.29, 1.82) is 0 Å². The Morgan fingerprint density at radius 2 is 1.81 bits per heavy atom. The average Bonchev–Trinajstić information content (AvgIpc) is 3.22. The Morgan fingerprint density at radius 1 is 1.00 bits per heavy atom. The van der Waals surface area contributed by atoms with Crippen molar-refractivity contribution >= 4 is 34.1 Å². The van der Waals surface area contributed by atoms with Crippen LogP contribution >= 0.6 is 11.8 Å². The highest BCUT2D eigenvalue weighted by Gasteiger charge is 2.06. The summed E-state index contributed by atoms with van der Waals surface area (Å²) in [4.78, 5) is 17.2. The molecule has 0 aliphatic carbocycles. The standard InChI is InChI=1S/C21H16N2O2S/c24-21(13-26-19-10-7-15-3-1-2-4-17(15)11-19)23-18-8-5-16(6-9-18)20-12-22-14-25-20/h1-12,14H,13H2,(H,23,24). The normalized spacial score (nSPS) is 10.8. The molecule has 128 valence electrons. The molecule has 4 aromatic rings. The lowest BCUT2D eigenvalue weighted by atomic mass is 10.1. The van der Waals surface area contributed by atoms with Crippen molar-refractivity contribution in [2.24, 2.45) is 0 Å². The van der Waals surface area contributed by atoms with Crippen LogP contribution in [0.25, 0.3) is 22.1 Å². The van der Waals surface area contributed by atoms with E-state index in [1.54, 1.807) is 6.20 Å². The maximum atomic E-state index is 12.2. The van der Waals surface area contributed by atoms with E-state index in [-0.39, 0.29) is 5.91 Å². The monoisotopic (exact) mass is 360 g/mol. The quantitative estimate of drug-likeness (QED) is 0.495. The molecular formula is C21H16N2O2S. The first-order valence-electron chi connectivity index (χ1n) is 8.18. The molecule has 1 N–H and O–H groups in total. The van der Waals surface area contributed by atoms with Gasteiger partial charge in [0.2, 0.25) is 5.91 Å². The van der Waals surface area contributed by atoms with E-state index >= 15 is 0 Å². The van der Waals surface area contributed by atoms with Gasteiger partial charge in [-0.3, -0.25) is 4.79 Å². The molecule has 0 spiro atoms. The molecular weight excluding hydrogens is 344 g/mol. The van der Waals surface area contributed by atoms with E-state index in [1.165, 1.54) is 28.9 Å². The van der Waals surface area contributed by atoms with Crippen LogP contribution in [-0.4, -0.2) is 16.6 Å². The molecule has 0 bridgehead atoms. The van der Waals surface area contributed by atoms with Gasteiger partial charge in [-0.15, -0.1) is 11.8 Å². The zero-order valence-corrected chi connectivity index (χ0v) is 14.7. The molecule has 0 unspecified atom stereocenters. The van der Waals surface area contributed by atoms with Gasteiger partial charge in [0.15, 0.2) is 12.2 Å². The van der Waals surface area contributed by atoms with E-state index in [4.69, 9.17) is 4.42 Å². The number of rotatable bonds is 5. The van der Waals surface area contributed by atoms with Crippen molar-refractivity contribution in [2.75, 3.05) is 11.1 Å². The minimum absolute atomic E-state index is 0.0319. The van der Waals surface area contributed by atoms with Crippen LogP contribution in [-0.2, 0) is 4.79 Å². The summed E-state index contributed by atoms with van der Waals surface area (Å²) in [6.45, 7) is 0. The largest absolute Gasteiger partial charge is 0.444 e. The first-order chi connectivity index (χ1) is 12.8. The molecule has 1 heterocycles. The molecule has 26 heavy (non-hydrogen) atoms. The number of hydrogen-bond donors (Lipinski definition) is 1. The predicted octanol–water partition coefficient (Wildman–Crippen LogP) is 5.23. The van der Waals surface area contributed by atoms with Gasteiger partial charge in [-0.25, -0.2) is 4.98 Å². The van der Waals surface area contributed by atoms with Gasteiger partial charge >= 0.3 is 0 Å². The number of carbonyl (C=O) groups excluding carboxylic acids is 1. The fourth-order valence-corrected chi connectivity index (χ4v) is 3.42. The average molecular weight is 360 g/mol. The fraction of sp³-hybridized carbons (Fsp3) is 0.0476. The minimum Gasteiger partial charge on any atom is -0.444 e. The van der Waals surface area contributed by atoms with Crippen molar-refractivity contribution in [2.45, 2.75) is 4.90 Å². The van der Waals surface area contributed by atoms with Gasteiger partial charge in [0.25, 0.3) is 0 Å². The Bertz CT molecular complexity index is 1030. The van der Waals surface area contributed by atoms with E-state index in [9.17, 15) is 4.79 Å². The molecule has 0 atom stereocenters. The molecule has 4 rings (SSSR count). The molecule has 1 aromatic heterocycles. The lowest BCUT2D eigenvalue weighted by molar-refractivity contribution is -0.113. The highest BCUT2D eigenvalue weighted by atomic mass is 32.2. The van der Waals surface area contributed by atoms with Crippen LogP contribution in [0.5, 0.6) is 0 Å². The zero-order chi connectivity index (χ0) is 17.8. The van der Waals surface area contributed by atoms with E-state index < -0.39 is 0 Å². The van der Waals surface area contributed by atoms with Crippen LogP contribution in [0.3, 0.4) is 0 Å². The van der Waals surface area contributed by atoms with E-state index in [0.717, 1.165) is 16.1 Å². The summed E-state index contributed by atoms with van der Waals surface area (Å²) in [5.74, 6) is 1.03. The van der Waals surface area contributed by atoms with Crippen LogP contribution in [0.4, 0.5) is 5.69 Å². The molecule has 4 nitrogen and oxygen atoms in total. The number of thioether (sulfide) groups is 1. The highest BCUT2D eigenvalue weighted by molar-refractivity contribution is 8.00. The molecule has 0 saturated heterocycles. The number of benzene rings is 3. The van der Waals surface area contributed by atoms with E-state index in [1.807, 2.05) is 42.5 Å². The second-order valence-electron chi connectivity index (χ2n) is 5.79. The zero-order valence-electron chi connectivity index (χ0n) is 13.9. The van der Waals surface area contributed by atoms with Crippen LogP contribution in [0.15, 0.2) is 88.6 Å². The molecule has 0 aliphatic rings. The topological polar surface area (TPSA) is 55.1 Å². The number of carbonyl (C=O) groups is 1. The number of nitrogens with one attached hydrogen (secondary N) is 1. The second kappa shape index (κ2) is 7.45. The second-order valence-corrected chi connectivity index (χ2v) is 6.84. The molecule has 1 amide bonds. The molecule has 0 fully saturated rings. The molecule has 3 aromatic carbocycles. The molecule has 0 radical (unpaired) electrons. The fourth-order valence-electron chi connectivity index (χ4n) is 2.68. The van der Waals surface area contributed by atoms with Crippen molar-refractivity contribution in [3.05, 3.63) is 79.3 Å². The highest BCUT2D eigenvalue weighted by Crippen LogP contribution is 2.24. The Hall–Kier alpha value is -3.05. The summed E-state index contributed by atoms with van der Waals surface area (Å²) in [6, 6.07) is 22.0. The van der Waals surface area contributed by atoms with E-state index in [2.05, 4.69) is 34.6 Å². The summed E-state index contributed by atoms with van der Waals surface area (Å²) in [5.41, 5.74) is 1.68. The third-order valence-electron chi connectivity index (χ3n) is 3.98. The van der Waals surface area contributed by atoms with Gasteiger partial charge in [0.05, 0.1) is 11.9 Å². The Kier molecular flexibility index (Phi) is 4.71. The van der Waals surface area contributed by atoms with Gasteiger partial charge in [-0.1, -0.05) is 30.3 Å². The van der Waals surface area contributed by atoms with Crippen molar-refractivity contribution in [1.82, 2.24) is 4.98 Å². The first kappa shape index (κ1) is 16.4. The molecule has 0 aliphatic heterocycles. The minimum atomic E-state index is -0.0319. The van der Waals surface area contributed by atoms with Crippen molar-refractivity contribution < 1.29 is 9.21 Å². The SMILES string of the molecule is O=C(CSc1ccc2ccccc2c1)Nc1ccc(-c2cnco2)cc1. The number of oxazole rings is 1. The number of amides is 1. The number of hydrogen-bond acceptors (Lipinski definition) is 4. The van der Waals surface area contributed by atoms with Gasteiger partial charge in [0, 0.05) is 16.1 Å². The van der Waals surface area contributed by atoms with Gasteiger partial charge < -0.3 is 9.73 Å². The molecule has 0 saturated carbocycles. The maximum absolute atomic E-state index is 12.2. The van der Waals surface area contributed by atoms with Crippen LogP contribution in [0.2, 0.25) is 0 Å². The Labute approximate surface area is 155 Å². The summed E-state index contributed by atoms with van der Waals surface area (Å²) >= 11 is 1.53. The lowest BCUT2D eigenvalue weighted by Crippen LogP contribution is -2.13. The van der Waals surface area contributed by atoms with Crippen LogP contribution in [0.1, 0.15) is 0 Å². The number of fused-ring (bicyclic) bond motifs is 1. The number of nitrogens with zero attached hydrogens (tertiary/aromatic N) is 1. The summed E-state index contributed by atoms with van der Waals surface area (Å²) in [5, 5.41) is 5.30. The predicted molar refractivity (Wildman–Crippen MR) is 105 cm³/mol. The Morgan fingerprint density at radius 3 is 2.58 bits per heavy atom. The lowest BCUT2D eigenvalue weighted by Gasteiger charge is -2.07. The van der Waals surface area contributed by atoms with Crippen molar-refractivity contribution in [3.8, 4) is 11.3 Å². The van der Waals surface area contributed by atoms with Gasteiger partial charge in [-0.05, 0) is 47.2 Å². The number of anilines is 1. The van der Waals surface area contributed by atoms with Gasteiger partial charge in [0.1, 0.15) is 0 Å². The Balaban J connectivity index is 1.36. The summed E-state index contributed by atoms with van der Waals surface area (Å²) in [7, 11) is 0. The smallest absolute Gasteiger partial charge is 0.234 e. The van der Waals surface area contributed by atoms with E-state index in [0.29, 0.717) is 11.5 Å². The summed E-state index contributed by atoms with van der Waals surface area (Å²) in [6.07, 6.45) is 3.06. The third-order valence-corrected chi connectivity index (χ3v) is 4.97. The first-order valence-corrected chi connectivity index (χ1v) is 9.17. The van der Waals surface area contributed by atoms with Crippen LogP contribution < -0.4 is 5.32 Å². The molecule has 5 heteroatoms. The van der Waals surface area contributed by atoms with Crippen LogP contribution in [0, 0.1) is 0 Å².